The van der Waals surface area contributed by atoms with Gasteiger partial charge in [-0.2, -0.15) is 13.2 Å². The van der Waals surface area contributed by atoms with E-state index in [-0.39, 0.29) is 42.2 Å². The number of ketones is 1. The third kappa shape index (κ3) is 7.54. The van der Waals surface area contributed by atoms with Crippen molar-refractivity contribution in [1.82, 2.24) is 0 Å². The summed E-state index contributed by atoms with van der Waals surface area (Å²) in [6.45, 7) is 9.73. The number of rotatable bonds is 6. The molecule has 0 aromatic heterocycles. The molecule has 0 aromatic rings. The van der Waals surface area contributed by atoms with E-state index < -0.39 is 71.6 Å². The van der Waals surface area contributed by atoms with Gasteiger partial charge in [0.05, 0.1) is 30.7 Å². The lowest BCUT2D eigenvalue weighted by Gasteiger charge is -2.34. The molecule has 0 bridgehead atoms. The molecule has 0 aromatic carbocycles. The Hall–Kier alpha value is -1.60. The lowest BCUT2D eigenvalue weighted by Crippen LogP contribution is -2.46. The molecule has 240 valence electrons. The first kappa shape index (κ1) is 34.9. The zero-order valence-corrected chi connectivity index (χ0v) is 26.0. The molecule has 42 heavy (non-hydrogen) atoms. The minimum absolute atomic E-state index is 0.0496. The number of thioether (sulfide) groups is 1. The minimum atomic E-state index is -4.66. The Bertz CT molecular complexity index is 1060. The van der Waals surface area contributed by atoms with Crippen LogP contribution in [0.3, 0.4) is 0 Å². The van der Waals surface area contributed by atoms with Gasteiger partial charge >= 0.3 is 12.1 Å². The van der Waals surface area contributed by atoms with E-state index in [1.807, 2.05) is 6.92 Å². The molecular weight excluding hydrogens is 575 g/mol. The summed E-state index contributed by atoms with van der Waals surface area (Å²) in [5.41, 5.74) is 3.01. The number of carbonyl (C=O) groups excluding carboxylic acids is 2. The molecule has 0 amide bonds. The molecule has 3 aliphatic rings. The van der Waals surface area contributed by atoms with Crippen LogP contribution in [-0.2, 0) is 19.1 Å². The Morgan fingerprint density at radius 3 is 2.43 bits per heavy atom. The van der Waals surface area contributed by atoms with Crippen molar-refractivity contribution in [3.63, 3.8) is 0 Å². The number of epoxide rings is 1. The van der Waals surface area contributed by atoms with Gasteiger partial charge in [0.25, 0.3) is 0 Å². The smallest absolute Gasteiger partial charge is 0.420 e. The number of cyclic esters (lactones) is 1. The summed E-state index contributed by atoms with van der Waals surface area (Å²) in [5.74, 6) is -3.23. The number of aliphatic hydroxyl groups is 3. The van der Waals surface area contributed by atoms with Crippen molar-refractivity contribution in [2.45, 2.75) is 115 Å². The monoisotopic (exact) mass is 621 g/mol. The van der Waals surface area contributed by atoms with Crippen molar-refractivity contribution in [3.05, 3.63) is 22.8 Å². The van der Waals surface area contributed by atoms with Crippen molar-refractivity contribution in [1.29, 1.82) is 0 Å². The molecule has 3 rings (SSSR count). The molecule has 1 aliphatic carbocycles. The highest BCUT2D eigenvalue weighted by atomic mass is 32.2. The lowest BCUT2D eigenvalue weighted by molar-refractivity contribution is -0.187. The predicted molar refractivity (Wildman–Crippen MR) is 153 cm³/mol. The SMILES string of the molecule is CCC(CO)S/C=C(N)/C=C(\C)[C@@H]1CC2OC2(C(F)(F)F)CC2CC2[C@H](C)[C@H](O)[C@@H](C)C(=O)C(C)(C)[C@@H](O)CC(=O)O1. The number of esters is 1. The topological polar surface area (TPSA) is 143 Å². The summed E-state index contributed by atoms with van der Waals surface area (Å²) in [5, 5.41) is 32.9. The molecule has 5 N–H and O–H groups in total. The second kappa shape index (κ2) is 13.2. The number of nitrogens with two attached hydrogens (primary N) is 1. The Labute approximate surface area is 250 Å². The van der Waals surface area contributed by atoms with Gasteiger partial charge in [-0.1, -0.05) is 34.6 Å². The molecule has 5 unspecified atom stereocenters. The third-order valence-electron chi connectivity index (χ3n) is 9.47. The van der Waals surface area contributed by atoms with Crippen molar-refractivity contribution < 1.29 is 47.6 Å². The van der Waals surface area contributed by atoms with Crippen LogP contribution in [-0.4, -0.2) is 75.1 Å². The van der Waals surface area contributed by atoms with Gasteiger partial charge in [0.15, 0.2) is 5.60 Å². The second-order valence-electron chi connectivity index (χ2n) is 12.9. The minimum Gasteiger partial charge on any atom is -0.458 e. The number of Topliss-reactive ketones (excluding diaryl/α,β-unsaturated/α-hetero) is 1. The fraction of sp³-hybridized carbons (Fsp3) is 0.800. The number of hydrogen-bond acceptors (Lipinski definition) is 9. The summed E-state index contributed by atoms with van der Waals surface area (Å²) in [6.07, 6.45) is -8.05. The molecular formula is C30H46F3NO7S. The normalized spacial score (nSPS) is 39.1. The first-order valence-electron chi connectivity index (χ1n) is 14.6. The van der Waals surface area contributed by atoms with Gasteiger partial charge in [-0.3, -0.25) is 9.59 Å². The van der Waals surface area contributed by atoms with Gasteiger partial charge in [-0.25, -0.2) is 0 Å². The summed E-state index contributed by atoms with van der Waals surface area (Å²) in [4.78, 5) is 26.4. The quantitative estimate of drug-likeness (QED) is 0.194. The molecule has 10 atom stereocenters. The third-order valence-corrected chi connectivity index (χ3v) is 10.7. The summed E-state index contributed by atoms with van der Waals surface area (Å²) < 4.78 is 54.2. The average molecular weight is 622 g/mol. The van der Waals surface area contributed by atoms with Crippen molar-refractivity contribution in [2.75, 3.05) is 6.61 Å². The van der Waals surface area contributed by atoms with Crippen LogP contribution in [0.5, 0.6) is 0 Å². The highest BCUT2D eigenvalue weighted by molar-refractivity contribution is 8.02. The molecule has 3 fully saturated rings. The van der Waals surface area contributed by atoms with Gasteiger partial charge in [-0.15, -0.1) is 11.8 Å². The van der Waals surface area contributed by atoms with Crippen LogP contribution in [0.1, 0.15) is 73.6 Å². The first-order chi connectivity index (χ1) is 19.4. The van der Waals surface area contributed by atoms with Gasteiger partial charge in [0.2, 0.25) is 0 Å². The van der Waals surface area contributed by atoms with E-state index in [0.717, 1.165) is 0 Å². The fourth-order valence-corrected chi connectivity index (χ4v) is 6.83. The zero-order chi connectivity index (χ0) is 31.8. The number of ether oxygens (including phenoxy) is 2. The molecule has 0 spiro atoms. The number of allylic oxidation sites excluding steroid dienone is 1. The van der Waals surface area contributed by atoms with Crippen LogP contribution in [0.15, 0.2) is 22.8 Å². The van der Waals surface area contributed by atoms with Crippen molar-refractivity contribution in [3.8, 4) is 0 Å². The Kier molecular flexibility index (Phi) is 10.9. The molecule has 12 heteroatoms. The van der Waals surface area contributed by atoms with Crippen molar-refractivity contribution >= 4 is 23.5 Å². The standard InChI is InChI=1S/C30H46F3NO7S/c1-7-20(13-35)42-14-19(34)8-15(2)22-10-24-29(41-24,30(31,32)33)12-18-9-21(18)16(3)26(38)17(4)27(39)28(5,6)23(36)11-25(37)40-22/h8,14,16-18,20-24,26,35-36,38H,7,9-13,34H2,1-6H3/b15-8+,19-14-/t16-,17+,18?,20?,21?,22-,23-,24?,26-,29?/m0/s1. The number of hydrogen-bond donors (Lipinski definition) is 4. The van der Waals surface area contributed by atoms with Crippen LogP contribution < -0.4 is 5.73 Å². The maximum absolute atomic E-state index is 14.4. The van der Waals surface area contributed by atoms with E-state index in [0.29, 0.717) is 18.4 Å². The first-order valence-corrected chi connectivity index (χ1v) is 15.6. The molecule has 2 aliphatic heterocycles. The van der Waals surface area contributed by atoms with E-state index in [1.54, 1.807) is 19.3 Å². The van der Waals surface area contributed by atoms with Gasteiger partial charge < -0.3 is 30.5 Å². The second-order valence-corrected chi connectivity index (χ2v) is 14.0. The predicted octanol–water partition coefficient (Wildman–Crippen LogP) is 4.26. The number of alkyl halides is 3. The van der Waals surface area contributed by atoms with Crippen molar-refractivity contribution in [2.24, 2.45) is 34.8 Å². The summed E-state index contributed by atoms with van der Waals surface area (Å²) in [6, 6.07) is 0. The van der Waals surface area contributed by atoms with E-state index >= 15 is 0 Å². The van der Waals surface area contributed by atoms with E-state index in [2.05, 4.69) is 0 Å². The van der Waals surface area contributed by atoms with E-state index in [4.69, 9.17) is 15.2 Å². The van der Waals surface area contributed by atoms with E-state index in [1.165, 1.54) is 38.6 Å². The van der Waals surface area contributed by atoms with Gasteiger partial charge in [-0.05, 0) is 61.0 Å². The molecule has 0 radical (unpaired) electrons. The largest absolute Gasteiger partial charge is 0.458 e. The van der Waals surface area contributed by atoms with Crippen LogP contribution in [0.2, 0.25) is 0 Å². The number of aliphatic hydroxyl groups excluding tert-OH is 3. The van der Waals surface area contributed by atoms with Crippen LogP contribution >= 0.6 is 11.8 Å². The van der Waals surface area contributed by atoms with Gasteiger partial charge in [0, 0.05) is 23.3 Å². The number of fused-ring (bicyclic) bond motifs is 2. The van der Waals surface area contributed by atoms with Gasteiger partial charge in [0.1, 0.15) is 18.0 Å². The fourth-order valence-electron chi connectivity index (χ4n) is 6.13. The number of carbonyl (C=O) groups is 2. The lowest BCUT2D eigenvalue weighted by atomic mass is 9.72. The van der Waals surface area contributed by atoms with Crippen LogP contribution in [0.25, 0.3) is 0 Å². The summed E-state index contributed by atoms with van der Waals surface area (Å²) in [7, 11) is 0. The summed E-state index contributed by atoms with van der Waals surface area (Å²) >= 11 is 1.32. The Morgan fingerprint density at radius 2 is 1.86 bits per heavy atom. The van der Waals surface area contributed by atoms with Crippen LogP contribution in [0, 0.1) is 29.1 Å². The average Bonchev–Trinajstić information content (AvgIpc) is 3.83. The zero-order valence-electron chi connectivity index (χ0n) is 25.2. The van der Waals surface area contributed by atoms with Crippen LogP contribution in [0.4, 0.5) is 13.2 Å². The highest BCUT2D eigenvalue weighted by Crippen LogP contribution is 2.61. The number of halogens is 3. The molecule has 1 saturated carbocycles. The van der Waals surface area contributed by atoms with E-state index in [9.17, 15) is 38.1 Å². The Morgan fingerprint density at radius 1 is 1.21 bits per heavy atom. The maximum atomic E-state index is 14.4. The Balaban J connectivity index is 1.94. The highest BCUT2D eigenvalue weighted by Gasteiger charge is 2.74. The molecule has 8 nitrogen and oxygen atoms in total. The molecule has 2 saturated heterocycles. The maximum Gasteiger partial charge on any atom is 0.420 e. The molecule has 2 heterocycles.